The predicted octanol–water partition coefficient (Wildman–Crippen LogP) is 0.896. The molecule has 4 atom stereocenters. The highest BCUT2D eigenvalue weighted by molar-refractivity contribution is 7.86. The van der Waals surface area contributed by atoms with Gasteiger partial charge < -0.3 is 4.74 Å². The van der Waals surface area contributed by atoms with Crippen LogP contribution in [0.15, 0.2) is 27.0 Å². The van der Waals surface area contributed by atoms with E-state index in [-0.39, 0.29) is 6.54 Å². The molecular weight excluding hydrogens is 366 g/mol. The van der Waals surface area contributed by atoms with Crippen molar-refractivity contribution >= 4 is 10.1 Å². The molecule has 2 rings (SSSR count). The first-order valence-electron chi connectivity index (χ1n) is 8.02. The van der Waals surface area contributed by atoms with Gasteiger partial charge in [-0.15, -0.1) is 0 Å². The number of hydrogen-bond donors (Lipinski definition) is 1. The van der Waals surface area contributed by atoms with Gasteiger partial charge in [-0.05, 0) is 18.4 Å². The van der Waals surface area contributed by atoms with Crippen LogP contribution in [0, 0.1) is 5.92 Å². The lowest BCUT2D eigenvalue weighted by Gasteiger charge is -2.31. The van der Waals surface area contributed by atoms with E-state index in [9.17, 15) is 18.0 Å². The van der Waals surface area contributed by atoms with E-state index in [1.54, 1.807) is 6.92 Å². The highest BCUT2D eigenvalue weighted by Gasteiger charge is 2.54. The van der Waals surface area contributed by atoms with E-state index < -0.39 is 45.2 Å². The van der Waals surface area contributed by atoms with E-state index in [0.717, 1.165) is 16.9 Å². The van der Waals surface area contributed by atoms with Crippen molar-refractivity contribution in [2.24, 2.45) is 11.0 Å². The molecule has 1 aliphatic rings. The first kappa shape index (κ1) is 20.2. The third-order valence-electron chi connectivity index (χ3n) is 4.67. The Morgan fingerprint density at radius 2 is 2.19 bits per heavy atom. The zero-order valence-corrected chi connectivity index (χ0v) is 15.5. The summed E-state index contributed by atoms with van der Waals surface area (Å²) in [5.41, 5.74) is 6.32. The van der Waals surface area contributed by atoms with Gasteiger partial charge in [-0.25, -0.2) is 4.79 Å². The summed E-state index contributed by atoms with van der Waals surface area (Å²) < 4.78 is 35.8. The van der Waals surface area contributed by atoms with Gasteiger partial charge in [0.2, 0.25) is 0 Å². The molecule has 0 aliphatic carbocycles. The number of rotatable bonds is 7. The van der Waals surface area contributed by atoms with Crippen molar-refractivity contribution < 1.29 is 17.3 Å². The average Bonchev–Trinajstić information content (AvgIpc) is 2.80. The maximum Gasteiger partial charge on any atom is 0.330 e. The van der Waals surface area contributed by atoms with Crippen molar-refractivity contribution in [1.82, 2.24) is 9.55 Å². The number of H-pyrrole nitrogens is 1. The molecule has 1 fully saturated rings. The summed E-state index contributed by atoms with van der Waals surface area (Å²) in [4.78, 5) is 28.3. The second-order valence-electron chi connectivity index (χ2n) is 6.20. The van der Waals surface area contributed by atoms with Crippen LogP contribution in [0.25, 0.3) is 10.4 Å². The fourth-order valence-corrected chi connectivity index (χ4v) is 3.95. The Labute approximate surface area is 149 Å². The molecule has 0 amide bonds. The molecule has 0 saturated carbocycles. The first-order chi connectivity index (χ1) is 12.1. The van der Waals surface area contributed by atoms with Gasteiger partial charge in [-0.3, -0.25) is 18.5 Å². The largest absolute Gasteiger partial charge is 0.348 e. The molecule has 2 heterocycles. The zero-order valence-electron chi connectivity index (χ0n) is 14.7. The van der Waals surface area contributed by atoms with E-state index in [4.69, 9.17) is 14.5 Å². The van der Waals surface area contributed by atoms with Crippen LogP contribution in [0.2, 0.25) is 0 Å². The molecule has 1 saturated heterocycles. The number of nitrogens with zero attached hydrogens (tertiary/aromatic N) is 4. The van der Waals surface area contributed by atoms with Crippen LogP contribution in [0.5, 0.6) is 0 Å². The maximum absolute atomic E-state index is 12.2. The van der Waals surface area contributed by atoms with Crippen LogP contribution >= 0.6 is 0 Å². The van der Waals surface area contributed by atoms with Crippen LogP contribution in [0.1, 0.15) is 32.9 Å². The molecule has 1 aliphatic heterocycles. The fourth-order valence-electron chi connectivity index (χ4n) is 3.29. The van der Waals surface area contributed by atoms with Crippen molar-refractivity contribution in [3.63, 3.8) is 0 Å². The number of hydrogen-bond acceptors (Lipinski definition) is 7. The van der Waals surface area contributed by atoms with Gasteiger partial charge in [0.05, 0.1) is 11.9 Å². The minimum atomic E-state index is -3.84. The molecular formula is C14H21N5O6S. The molecule has 12 heteroatoms. The van der Waals surface area contributed by atoms with Gasteiger partial charge in [0, 0.05) is 29.6 Å². The van der Waals surface area contributed by atoms with E-state index in [2.05, 4.69) is 15.0 Å². The minimum absolute atomic E-state index is 0.146. The van der Waals surface area contributed by atoms with E-state index in [0.29, 0.717) is 12.8 Å². The van der Waals surface area contributed by atoms with Gasteiger partial charge in [0.25, 0.3) is 15.7 Å². The molecule has 1 aromatic heterocycles. The Hall–Kier alpha value is -2.14. The quantitative estimate of drug-likeness (QED) is 0.317. The summed E-state index contributed by atoms with van der Waals surface area (Å²) in [6.45, 7) is 3.75. The lowest BCUT2D eigenvalue weighted by molar-refractivity contribution is -0.0970. The van der Waals surface area contributed by atoms with Crippen molar-refractivity contribution in [2.75, 3.05) is 12.8 Å². The number of nitrogens with one attached hydrogen (secondary N) is 1. The van der Waals surface area contributed by atoms with Crippen molar-refractivity contribution in [3.05, 3.63) is 43.5 Å². The fraction of sp³-hybridized carbons (Fsp3) is 0.714. The monoisotopic (exact) mass is 387 g/mol. The Balaban J connectivity index is 2.50. The van der Waals surface area contributed by atoms with Crippen LogP contribution in [-0.4, -0.2) is 42.5 Å². The molecule has 0 aromatic carbocycles. The highest BCUT2D eigenvalue weighted by atomic mass is 32.2. The van der Waals surface area contributed by atoms with Gasteiger partial charge in [-0.1, -0.05) is 19.0 Å². The van der Waals surface area contributed by atoms with Crippen molar-refractivity contribution in [3.8, 4) is 0 Å². The van der Waals surface area contributed by atoms with Gasteiger partial charge in [0.15, 0.2) is 6.23 Å². The van der Waals surface area contributed by atoms with Crippen molar-refractivity contribution in [2.45, 2.75) is 44.6 Å². The highest BCUT2D eigenvalue weighted by Crippen LogP contribution is 2.47. The number of azide groups is 1. The lowest BCUT2D eigenvalue weighted by atomic mass is 9.82. The zero-order chi connectivity index (χ0) is 19.5. The van der Waals surface area contributed by atoms with Crippen LogP contribution in [0.3, 0.4) is 0 Å². The smallest absolute Gasteiger partial charge is 0.330 e. The molecule has 0 bridgehead atoms. The molecule has 11 nitrogen and oxygen atoms in total. The number of ether oxygens (including phenoxy) is 1. The molecule has 144 valence electrons. The van der Waals surface area contributed by atoms with Crippen LogP contribution in [0.4, 0.5) is 0 Å². The lowest BCUT2D eigenvalue weighted by Crippen LogP contribution is -2.38. The molecule has 1 unspecified atom stereocenters. The van der Waals surface area contributed by atoms with E-state index in [1.807, 2.05) is 6.92 Å². The Morgan fingerprint density at radius 3 is 2.73 bits per heavy atom. The number of aromatic amines is 1. The Bertz CT molecular complexity index is 918. The summed E-state index contributed by atoms with van der Waals surface area (Å²) in [6.07, 6.45) is 0.907. The minimum Gasteiger partial charge on any atom is -0.348 e. The summed E-state index contributed by atoms with van der Waals surface area (Å²) in [5.74, 6) is -0.431. The number of aromatic nitrogens is 2. The Kier molecular flexibility index (Phi) is 5.91. The third kappa shape index (κ3) is 4.15. The van der Waals surface area contributed by atoms with Gasteiger partial charge in [0.1, 0.15) is 6.10 Å². The van der Waals surface area contributed by atoms with E-state index >= 15 is 0 Å². The molecule has 1 N–H and O–H groups in total. The summed E-state index contributed by atoms with van der Waals surface area (Å²) in [6, 6.07) is 1.14. The summed E-state index contributed by atoms with van der Waals surface area (Å²) >= 11 is 0. The topological polar surface area (TPSA) is 156 Å². The molecule has 1 aromatic rings. The van der Waals surface area contributed by atoms with Gasteiger partial charge >= 0.3 is 5.69 Å². The Morgan fingerprint density at radius 1 is 1.50 bits per heavy atom. The van der Waals surface area contributed by atoms with E-state index in [1.165, 1.54) is 6.20 Å². The first-order valence-corrected chi connectivity index (χ1v) is 9.83. The van der Waals surface area contributed by atoms with Crippen LogP contribution in [-0.2, 0) is 19.0 Å². The van der Waals surface area contributed by atoms with Gasteiger partial charge in [-0.2, -0.15) is 8.42 Å². The second kappa shape index (κ2) is 7.62. The normalized spacial score (nSPS) is 28.7. The molecule has 0 radical (unpaired) electrons. The average molecular weight is 387 g/mol. The third-order valence-corrected chi connectivity index (χ3v) is 5.24. The molecule has 0 spiro atoms. The SMILES string of the molecule is CC[C@@]1(CCN=[N+]=[N-])O[C@@H](n2ccc(=O)[nH]c2=O)[C@@H](OS(C)(=O)=O)C1C. The predicted molar refractivity (Wildman–Crippen MR) is 92.0 cm³/mol. The standard InChI is InChI=1S/C14H21N5O6S/c1-4-14(6-7-16-18-15)9(2)11(25-26(3,22)23)12(24-14)19-8-5-10(20)17-13(19)21/h5,8-9,11-12H,4,6-7H2,1-3H3,(H,17,20,21)/t9?,11-,12+,14-/m0/s1. The maximum atomic E-state index is 12.2. The summed E-state index contributed by atoms with van der Waals surface area (Å²) in [5, 5.41) is 3.51. The van der Waals surface area contributed by atoms with Crippen LogP contribution < -0.4 is 11.2 Å². The second-order valence-corrected chi connectivity index (χ2v) is 7.80. The van der Waals surface area contributed by atoms with Crippen molar-refractivity contribution in [1.29, 1.82) is 0 Å². The summed E-state index contributed by atoms with van der Waals surface area (Å²) in [7, 11) is -3.84. The molecule has 26 heavy (non-hydrogen) atoms.